The van der Waals surface area contributed by atoms with Crippen LogP contribution in [0.3, 0.4) is 0 Å². The van der Waals surface area contributed by atoms with E-state index in [4.69, 9.17) is 21.8 Å². The molecule has 0 saturated heterocycles. The molecule has 1 aromatic heterocycles. The number of nitrogens with two attached hydrogens (primary N) is 1. The zero-order valence-corrected chi connectivity index (χ0v) is 12.3. The van der Waals surface area contributed by atoms with Gasteiger partial charge in [-0.15, -0.1) is 11.6 Å². The highest BCUT2D eigenvalue weighted by atomic mass is 79.9. The van der Waals surface area contributed by atoms with Crippen molar-refractivity contribution in [1.29, 1.82) is 0 Å². The van der Waals surface area contributed by atoms with Crippen LogP contribution >= 0.6 is 27.5 Å². The lowest BCUT2D eigenvalue weighted by Crippen LogP contribution is -2.17. The van der Waals surface area contributed by atoms with Crippen molar-refractivity contribution >= 4 is 56.0 Å². The van der Waals surface area contributed by atoms with Crippen LogP contribution in [0, 0.1) is 6.92 Å². The number of aryl methyl sites for hydroxylation is 1. The maximum atomic E-state index is 11.4. The molecule has 5 nitrogen and oxygen atoms in total. The van der Waals surface area contributed by atoms with Crippen molar-refractivity contribution < 1.29 is 14.0 Å². The molecule has 0 saturated carbocycles. The first-order valence-electron chi connectivity index (χ1n) is 5.32. The average molecular weight is 346 g/mol. The molecule has 1 heterocycles. The number of nitrogens with one attached hydrogen (secondary N) is 1. The fourth-order valence-corrected chi connectivity index (χ4v) is 2.44. The second-order valence-electron chi connectivity index (χ2n) is 3.95. The minimum absolute atomic E-state index is 0.0883. The number of halogens is 2. The van der Waals surface area contributed by atoms with Crippen LogP contribution in [0.5, 0.6) is 0 Å². The fourth-order valence-electron chi connectivity index (χ4n) is 1.80. The number of carbonyl (C=O) groups is 2. The van der Waals surface area contributed by atoms with Gasteiger partial charge in [0.1, 0.15) is 17.2 Å². The number of amides is 2. The normalized spacial score (nSPS) is 10.7. The Kier molecular flexibility index (Phi) is 3.82. The SMILES string of the molecule is Cc1cc(Br)cc2c(NC(=O)CCl)c(C(N)=O)oc12. The number of hydrogen-bond donors (Lipinski definition) is 2. The molecule has 0 fully saturated rings. The lowest BCUT2D eigenvalue weighted by atomic mass is 10.1. The molecular weight excluding hydrogens is 336 g/mol. The standard InChI is InChI=1S/C12H10BrClN2O3/c1-5-2-6(13)3-7-9(16-8(17)4-14)11(12(15)18)19-10(5)7/h2-3H,4H2,1H3,(H2,15,18)(H,16,17). The van der Waals surface area contributed by atoms with Gasteiger partial charge in [0.15, 0.2) is 0 Å². The van der Waals surface area contributed by atoms with E-state index in [0.717, 1.165) is 10.0 Å². The number of hydrogen-bond acceptors (Lipinski definition) is 3. The fraction of sp³-hybridized carbons (Fsp3) is 0.167. The van der Waals surface area contributed by atoms with Gasteiger partial charge in [-0.3, -0.25) is 9.59 Å². The molecule has 100 valence electrons. The minimum atomic E-state index is -0.753. The molecule has 19 heavy (non-hydrogen) atoms. The third kappa shape index (κ3) is 2.59. The molecule has 0 aliphatic carbocycles. The van der Waals surface area contributed by atoms with Crippen LogP contribution in [-0.2, 0) is 4.79 Å². The van der Waals surface area contributed by atoms with Gasteiger partial charge in [-0.25, -0.2) is 0 Å². The Morgan fingerprint density at radius 1 is 1.47 bits per heavy atom. The Balaban J connectivity index is 2.72. The summed E-state index contributed by atoms with van der Waals surface area (Å²) in [6.07, 6.45) is 0. The van der Waals surface area contributed by atoms with E-state index < -0.39 is 11.8 Å². The Labute approximate surface area is 122 Å². The van der Waals surface area contributed by atoms with Crippen molar-refractivity contribution in [3.8, 4) is 0 Å². The molecule has 1 aromatic carbocycles. The van der Waals surface area contributed by atoms with Crippen LogP contribution < -0.4 is 11.1 Å². The van der Waals surface area contributed by atoms with E-state index in [9.17, 15) is 9.59 Å². The summed E-state index contributed by atoms with van der Waals surface area (Å²) in [5.41, 5.74) is 6.82. The maximum Gasteiger partial charge on any atom is 0.286 e. The van der Waals surface area contributed by atoms with Gasteiger partial charge in [0.05, 0.1) is 0 Å². The van der Waals surface area contributed by atoms with Gasteiger partial charge in [-0.2, -0.15) is 0 Å². The molecule has 0 aliphatic rings. The summed E-state index contributed by atoms with van der Waals surface area (Å²) in [6, 6.07) is 3.58. The molecule has 3 N–H and O–H groups in total. The van der Waals surface area contributed by atoms with Gasteiger partial charge in [0.2, 0.25) is 11.7 Å². The third-order valence-corrected chi connectivity index (χ3v) is 3.25. The van der Waals surface area contributed by atoms with Crippen LogP contribution in [0.25, 0.3) is 11.0 Å². The number of anilines is 1. The van der Waals surface area contributed by atoms with Crippen molar-refractivity contribution in [2.24, 2.45) is 5.73 Å². The number of benzene rings is 1. The van der Waals surface area contributed by atoms with E-state index in [2.05, 4.69) is 21.2 Å². The lowest BCUT2D eigenvalue weighted by molar-refractivity contribution is -0.113. The molecule has 0 unspecified atom stereocenters. The maximum absolute atomic E-state index is 11.4. The molecule has 0 bridgehead atoms. The second-order valence-corrected chi connectivity index (χ2v) is 5.13. The molecule has 0 spiro atoms. The number of fused-ring (bicyclic) bond motifs is 1. The minimum Gasteiger partial charge on any atom is -0.448 e. The average Bonchev–Trinajstić information content (AvgIpc) is 2.68. The van der Waals surface area contributed by atoms with Gasteiger partial charge in [0, 0.05) is 9.86 Å². The number of alkyl halides is 1. The van der Waals surface area contributed by atoms with E-state index >= 15 is 0 Å². The van der Waals surface area contributed by atoms with Crippen molar-refractivity contribution in [2.45, 2.75) is 6.92 Å². The van der Waals surface area contributed by atoms with E-state index in [1.165, 1.54) is 0 Å². The Bertz CT molecular complexity index is 681. The Hall–Kier alpha value is -1.53. The van der Waals surface area contributed by atoms with Crippen LogP contribution in [0.1, 0.15) is 16.1 Å². The number of carbonyl (C=O) groups excluding carboxylic acids is 2. The first-order valence-corrected chi connectivity index (χ1v) is 6.65. The Morgan fingerprint density at radius 2 is 2.16 bits per heavy atom. The summed E-state index contributed by atoms with van der Waals surface area (Å²) < 4.78 is 6.24. The van der Waals surface area contributed by atoms with Gasteiger partial charge < -0.3 is 15.5 Å². The highest BCUT2D eigenvalue weighted by molar-refractivity contribution is 9.10. The molecule has 0 radical (unpaired) electrons. The molecule has 0 aliphatic heterocycles. The topological polar surface area (TPSA) is 85.3 Å². The summed E-state index contributed by atoms with van der Waals surface area (Å²) in [6.45, 7) is 1.83. The quantitative estimate of drug-likeness (QED) is 0.839. The molecule has 0 atom stereocenters. The van der Waals surface area contributed by atoms with Crippen LogP contribution in [0.2, 0.25) is 0 Å². The number of primary amides is 1. The number of furan rings is 1. The largest absolute Gasteiger partial charge is 0.448 e. The van der Waals surface area contributed by atoms with Crippen molar-refractivity contribution in [1.82, 2.24) is 0 Å². The highest BCUT2D eigenvalue weighted by Gasteiger charge is 2.21. The van der Waals surface area contributed by atoms with E-state index in [1.807, 2.05) is 13.0 Å². The van der Waals surface area contributed by atoms with E-state index in [1.54, 1.807) is 6.07 Å². The first-order chi connectivity index (χ1) is 8.93. The second kappa shape index (κ2) is 5.22. The summed E-state index contributed by atoms with van der Waals surface area (Å²) >= 11 is 8.80. The van der Waals surface area contributed by atoms with Gasteiger partial charge in [-0.1, -0.05) is 15.9 Å². The van der Waals surface area contributed by atoms with Crippen LogP contribution in [0.4, 0.5) is 5.69 Å². The molecule has 2 amide bonds. The molecule has 2 rings (SSSR count). The molecule has 2 aromatic rings. The van der Waals surface area contributed by atoms with Crippen molar-refractivity contribution in [3.63, 3.8) is 0 Å². The van der Waals surface area contributed by atoms with Gasteiger partial charge in [-0.05, 0) is 24.6 Å². The zero-order valence-electron chi connectivity index (χ0n) is 9.92. The zero-order chi connectivity index (χ0) is 14.2. The monoisotopic (exact) mass is 344 g/mol. The highest BCUT2D eigenvalue weighted by Crippen LogP contribution is 2.35. The smallest absolute Gasteiger partial charge is 0.286 e. The predicted octanol–water partition coefficient (Wildman–Crippen LogP) is 2.78. The summed E-state index contributed by atoms with van der Waals surface area (Å²) in [5, 5.41) is 3.13. The first kappa shape index (κ1) is 13.9. The third-order valence-electron chi connectivity index (χ3n) is 2.55. The van der Waals surface area contributed by atoms with Crippen LogP contribution in [-0.4, -0.2) is 17.7 Å². The van der Waals surface area contributed by atoms with E-state index in [0.29, 0.717) is 11.0 Å². The summed E-state index contributed by atoms with van der Waals surface area (Å²) in [4.78, 5) is 22.8. The predicted molar refractivity (Wildman–Crippen MR) is 76.5 cm³/mol. The lowest BCUT2D eigenvalue weighted by Gasteiger charge is -2.02. The van der Waals surface area contributed by atoms with Crippen LogP contribution in [0.15, 0.2) is 21.0 Å². The summed E-state index contributed by atoms with van der Waals surface area (Å²) in [7, 11) is 0. The van der Waals surface area contributed by atoms with Crippen molar-refractivity contribution in [2.75, 3.05) is 11.2 Å². The van der Waals surface area contributed by atoms with Gasteiger partial charge >= 0.3 is 0 Å². The molecule has 7 heteroatoms. The van der Waals surface area contributed by atoms with Gasteiger partial charge in [0.25, 0.3) is 5.91 Å². The molecular formula is C12H10BrClN2O3. The van der Waals surface area contributed by atoms with E-state index in [-0.39, 0.29) is 17.3 Å². The van der Waals surface area contributed by atoms with Crippen molar-refractivity contribution in [3.05, 3.63) is 27.9 Å². The summed E-state index contributed by atoms with van der Waals surface area (Å²) in [5.74, 6) is -1.51. The number of rotatable bonds is 3. The Morgan fingerprint density at radius 3 is 2.74 bits per heavy atom.